The molecule has 9 heteroatoms. The van der Waals surface area contributed by atoms with Gasteiger partial charge >= 0.3 is 0 Å². The van der Waals surface area contributed by atoms with Gasteiger partial charge < -0.3 is 20.3 Å². The molecule has 3 rings (SSSR count). The van der Waals surface area contributed by atoms with Crippen LogP contribution in [0.3, 0.4) is 0 Å². The number of hydrogen-bond acceptors (Lipinski definition) is 7. The highest BCUT2D eigenvalue weighted by molar-refractivity contribution is 7.99. The maximum absolute atomic E-state index is 12.8. The number of aromatic nitrogens is 2. The van der Waals surface area contributed by atoms with Gasteiger partial charge in [0.1, 0.15) is 12.2 Å². The fourth-order valence-corrected chi connectivity index (χ4v) is 4.19. The van der Waals surface area contributed by atoms with Crippen LogP contribution in [0, 0.1) is 6.92 Å². The molecule has 3 aromatic rings. The Bertz CT molecular complexity index is 1030. The molecule has 0 saturated heterocycles. The SMILES string of the molecule is Cc1ccc(NSCc2ccccc2)c(=O)n1CC(=O)NCCCc1csc(N)n1. The van der Waals surface area contributed by atoms with Gasteiger partial charge in [-0.1, -0.05) is 30.3 Å². The number of rotatable bonds is 10. The van der Waals surface area contributed by atoms with Gasteiger partial charge in [0.25, 0.3) is 5.56 Å². The van der Waals surface area contributed by atoms with E-state index in [-0.39, 0.29) is 18.0 Å². The summed E-state index contributed by atoms with van der Waals surface area (Å²) in [6.07, 6.45) is 1.52. The molecule has 0 fully saturated rings. The molecule has 30 heavy (non-hydrogen) atoms. The Morgan fingerprint density at radius 1 is 1.23 bits per heavy atom. The first-order chi connectivity index (χ1) is 14.5. The third-order valence-corrected chi connectivity index (χ3v) is 6.02. The summed E-state index contributed by atoms with van der Waals surface area (Å²) in [4.78, 5) is 29.3. The fraction of sp³-hybridized carbons (Fsp3) is 0.286. The van der Waals surface area contributed by atoms with Crippen molar-refractivity contribution in [3.8, 4) is 0 Å². The molecule has 0 aliphatic rings. The van der Waals surface area contributed by atoms with Crippen molar-refractivity contribution in [2.24, 2.45) is 0 Å². The van der Waals surface area contributed by atoms with Crippen molar-refractivity contribution in [3.05, 3.63) is 75.1 Å². The molecule has 1 amide bonds. The van der Waals surface area contributed by atoms with E-state index in [1.807, 2.05) is 48.7 Å². The average Bonchev–Trinajstić information content (AvgIpc) is 3.16. The molecule has 0 radical (unpaired) electrons. The van der Waals surface area contributed by atoms with Crippen molar-refractivity contribution in [2.45, 2.75) is 32.1 Å². The molecule has 4 N–H and O–H groups in total. The minimum atomic E-state index is -0.205. The predicted octanol–water partition coefficient (Wildman–Crippen LogP) is 3.20. The smallest absolute Gasteiger partial charge is 0.275 e. The highest BCUT2D eigenvalue weighted by Gasteiger charge is 2.10. The van der Waals surface area contributed by atoms with Crippen molar-refractivity contribution in [2.75, 3.05) is 17.0 Å². The number of amides is 1. The van der Waals surface area contributed by atoms with Crippen LogP contribution in [0.15, 0.2) is 52.6 Å². The largest absolute Gasteiger partial charge is 0.375 e. The number of pyridine rings is 1. The summed E-state index contributed by atoms with van der Waals surface area (Å²) in [6.45, 7) is 2.34. The van der Waals surface area contributed by atoms with E-state index in [4.69, 9.17) is 5.73 Å². The summed E-state index contributed by atoms with van der Waals surface area (Å²) in [5, 5.41) is 5.35. The Kier molecular flexibility index (Phi) is 7.92. The Hall–Kier alpha value is -2.78. The molecule has 0 aliphatic heterocycles. The van der Waals surface area contributed by atoms with E-state index in [0.717, 1.165) is 30.0 Å². The third-order valence-electron chi connectivity index (χ3n) is 4.46. The fourth-order valence-electron chi connectivity index (χ4n) is 2.85. The molecule has 158 valence electrons. The second kappa shape index (κ2) is 10.8. The van der Waals surface area contributed by atoms with Gasteiger partial charge in [-0.05, 0) is 49.4 Å². The minimum absolute atomic E-state index is 0.00676. The van der Waals surface area contributed by atoms with Crippen LogP contribution < -0.4 is 21.3 Å². The standard InChI is InChI=1S/C21H25N5O2S2/c1-15-9-10-18(25-30-13-16-6-3-2-4-7-16)20(28)26(15)12-19(27)23-11-5-8-17-14-29-21(22)24-17/h2-4,6-7,9-10,14,25H,5,8,11-13H2,1H3,(H2,22,24)(H,23,27). The highest BCUT2D eigenvalue weighted by Crippen LogP contribution is 2.15. The summed E-state index contributed by atoms with van der Waals surface area (Å²) in [5.41, 5.74) is 8.73. The number of anilines is 2. The zero-order chi connectivity index (χ0) is 21.3. The lowest BCUT2D eigenvalue weighted by atomic mass is 10.2. The normalized spacial score (nSPS) is 10.7. The number of hydrogen-bond donors (Lipinski definition) is 3. The molecule has 0 bridgehead atoms. The van der Waals surface area contributed by atoms with E-state index in [9.17, 15) is 9.59 Å². The number of nitrogens with one attached hydrogen (secondary N) is 2. The lowest BCUT2D eigenvalue weighted by Gasteiger charge is -2.13. The lowest BCUT2D eigenvalue weighted by molar-refractivity contribution is -0.121. The second-order valence-electron chi connectivity index (χ2n) is 6.79. The van der Waals surface area contributed by atoms with Gasteiger partial charge in [-0.25, -0.2) is 4.98 Å². The van der Waals surface area contributed by atoms with Gasteiger partial charge in [0.2, 0.25) is 5.91 Å². The van der Waals surface area contributed by atoms with Gasteiger partial charge in [0.15, 0.2) is 5.13 Å². The van der Waals surface area contributed by atoms with Crippen molar-refractivity contribution in [1.82, 2.24) is 14.9 Å². The number of nitrogens with zero attached hydrogens (tertiary/aromatic N) is 2. The Morgan fingerprint density at radius 2 is 2.03 bits per heavy atom. The summed E-state index contributed by atoms with van der Waals surface area (Å²) in [5.74, 6) is 0.548. The molecule has 7 nitrogen and oxygen atoms in total. The van der Waals surface area contributed by atoms with Crippen LogP contribution in [-0.4, -0.2) is 22.0 Å². The molecule has 0 atom stereocenters. The molecule has 0 spiro atoms. The van der Waals surface area contributed by atoms with Crippen LogP contribution in [0.2, 0.25) is 0 Å². The van der Waals surface area contributed by atoms with Gasteiger partial charge in [0.05, 0.1) is 5.69 Å². The van der Waals surface area contributed by atoms with E-state index in [1.54, 1.807) is 6.07 Å². The molecular weight excluding hydrogens is 418 g/mol. The van der Waals surface area contributed by atoms with E-state index in [0.29, 0.717) is 17.4 Å². The minimum Gasteiger partial charge on any atom is -0.375 e. The highest BCUT2D eigenvalue weighted by atomic mass is 32.2. The molecule has 0 unspecified atom stereocenters. The monoisotopic (exact) mass is 443 g/mol. The molecular formula is C21H25N5O2S2. The maximum Gasteiger partial charge on any atom is 0.275 e. The number of thiazole rings is 1. The van der Waals surface area contributed by atoms with Gasteiger partial charge in [0, 0.05) is 23.4 Å². The number of benzene rings is 1. The van der Waals surface area contributed by atoms with Crippen LogP contribution >= 0.6 is 23.3 Å². The number of carbonyl (C=O) groups excluding carboxylic acids is 1. The topological polar surface area (TPSA) is 102 Å². The van der Waals surface area contributed by atoms with E-state index in [2.05, 4.69) is 15.0 Å². The first kappa shape index (κ1) is 21.9. The average molecular weight is 444 g/mol. The van der Waals surface area contributed by atoms with Crippen LogP contribution in [0.1, 0.15) is 23.4 Å². The Morgan fingerprint density at radius 3 is 2.77 bits per heavy atom. The summed E-state index contributed by atoms with van der Waals surface area (Å²) in [6, 6.07) is 13.6. The molecule has 0 saturated carbocycles. The van der Waals surface area contributed by atoms with Gasteiger partial charge in [-0.3, -0.25) is 9.59 Å². The predicted molar refractivity (Wildman–Crippen MR) is 125 cm³/mol. The first-order valence-electron chi connectivity index (χ1n) is 9.61. The number of aryl methyl sites for hydroxylation is 2. The number of nitrogen functional groups attached to an aromatic ring is 1. The Balaban J connectivity index is 1.50. The van der Waals surface area contributed by atoms with Crippen LogP contribution in [0.5, 0.6) is 0 Å². The van der Waals surface area contributed by atoms with E-state index >= 15 is 0 Å². The van der Waals surface area contributed by atoms with Gasteiger partial charge in [-0.15, -0.1) is 11.3 Å². The van der Waals surface area contributed by atoms with Crippen LogP contribution in [0.25, 0.3) is 0 Å². The maximum atomic E-state index is 12.8. The quantitative estimate of drug-likeness (QED) is 0.329. The number of carbonyl (C=O) groups is 1. The van der Waals surface area contributed by atoms with Crippen molar-refractivity contribution in [3.63, 3.8) is 0 Å². The summed E-state index contributed by atoms with van der Waals surface area (Å²) >= 11 is 2.86. The molecule has 0 aliphatic carbocycles. The Labute approximate surface area is 183 Å². The summed E-state index contributed by atoms with van der Waals surface area (Å²) < 4.78 is 4.60. The lowest BCUT2D eigenvalue weighted by Crippen LogP contribution is -2.34. The second-order valence-corrected chi connectivity index (χ2v) is 8.46. The van der Waals surface area contributed by atoms with Crippen molar-refractivity contribution < 1.29 is 4.79 Å². The van der Waals surface area contributed by atoms with E-state index in [1.165, 1.54) is 33.4 Å². The van der Waals surface area contributed by atoms with Gasteiger partial charge in [-0.2, -0.15) is 0 Å². The summed E-state index contributed by atoms with van der Waals surface area (Å²) in [7, 11) is 0. The zero-order valence-electron chi connectivity index (χ0n) is 16.8. The van der Waals surface area contributed by atoms with E-state index < -0.39 is 0 Å². The molecule has 1 aromatic carbocycles. The van der Waals surface area contributed by atoms with Crippen LogP contribution in [0.4, 0.5) is 10.8 Å². The molecule has 2 heterocycles. The third kappa shape index (κ3) is 6.36. The van der Waals surface area contributed by atoms with Crippen molar-refractivity contribution >= 4 is 40.0 Å². The number of nitrogens with two attached hydrogens (primary N) is 1. The van der Waals surface area contributed by atoms with Crippen molar-refractivity contribution in [1.29, 1.82) is 0 Å². The zero-order valence-corrected chi connectivity index (χ0v) is 18.4. The molecule has 2 aromatic heterocycles. The first-order valence-corrected chi connectivity index (χ1v) is 11.5. The van der Waals surface area contributed by atoms with Crippen LogP contribution in [-0.2, 0) is 23.5 Å².